The first kappa shape index (κ1) is 45.8. The maximum absolute atomic E-state index is 2.46. The second-order valence-electron chi connectivity index (χ2n) is 19.6. The average molecular weight is 1000 g/mol. The summed E-state index contributed by atoms with van der Waals surface area (Å²) in [4.78, 5) is 7.18. The van der Waals surface area contributed by atoms with Gasteiger partial charge in [-0.15, -0.1) is 11.3 Å². The number of benzene rings is 12. The van der Waals surface area contributed by atoms with Crippen LogP contribution < -0.4 is 14.7 Å². The van der Waals surface area contributed by atoms with Crippen LogP contribution in [0.2, 0.25) is 0 Å². The van der Waals surface area contributed by atoms with Crippen molar-refractivity contribution in [3.8, 4) is 22.3 Å². The van der Waals surface area contributed by atoms with Gasteiger partial charge >= 0.3 is 0 Å². The zero-order chi connectivity index (χ0) is 51.1. The molecule has 1 aliphatic carbocycles. The number of hydrogen-bond acceptors (Lipinski definition) is 4. The predicted molar refractivity (Wildman–Crippen MR) is 326 cm³/mol. The van der Waals surface area contributed by atoms with E-state index in [0.29, 0.717) is 0 Å². The minimum Gasteiger partial charge on any atom is -0.310 e. The van der Waals surface area contributed by atoms with Gasteiger partial charge in [0.1, 0.15) is 0 Å². The number of thiophene rings is 1. The van der Waals surface area contributed by atoms with Crippen molar-refractivity contribution < 1.29 is 0 Å². The van der Waals surface area contributed by atoms with Crippen molar-refractivity contribution in [3.63, 3.8) is 0 Å². The molecule has 364 valence electrons. The summed E-state index contributed by atoms with van der Waals surface area (Å²) in [6.45, 7) is 0. The van der Waals surface area contributed by atoms with Crippen LogP contribution in [0.25, 0.3) is 42.4 Å². The summed E-state index contributed by atoms with van der Waals surface area (Å²) in [6, 6.07) is 113. The van der Waals surface area contributed by atoms with E-state index in [9.17, 15) is 0 Å². The highest BCUT2D eigenvalue weighted by atomic mass is 32.1. The van der Waals surface area contributed by atoms with Crippen molar-refractivity contribution in [3.05, 3.63) is 332 Å². The van der Waals surface area contributed by atoms with Crippen molar-refractivity contribution in [2.24, 2.45) is 0 Å². The van der Waals surface area contributed by atoms with Crippen LogP contribution in [0.15, 0.2) is 309 Å². The van der Waals surface area contributed by atoms with Crippen molar-refractivity contribution in [1.82, 2.24) is 0 Å². The number of anilines is 9. The normalized spacial score (nSPS) is 12.3. The van der Waals surface area contributed by atoms with Crippen LogP contribution in [0, 0.1) is 0 Å². The van der Waals surface area contributed by atoms with Crippen LogP contribution in [0.1, 0.15) is 22.3 Å². The molecule has 12 aromatic carbocycles. The van der Waals surface area contributed by atoms with E-state index in [1.807, 2.05) is 11.3 Å². The Balaban J connectivity index is 0.875. The molecule has 13 aromatic rings. The summed E-state index contributed by atoms with van der Waals surface area (Å²) in [7, 11) is 0. The van der Waals surface area contributed by atoms with Crippen LogP contribution >= 0.6 is 11.3 Å². The maximum atomic E-state index is 2.46. The lowest BCUT2D eigenvalue weighted by atomic mass is 9.68. The molecule has 4 heteroatoms. The molecule has 0 saturated heterocycles. The monoisotopic (exact) mass is 1000 g/mol. The first-order valence-corrected chi connectivity index (χ1v) is 27.1. The molecule has 14 rings (SSSR count). The Kier molecular flexibility index (Phi) is 11.6. The zero-order valence-electron chi connectivity index (χ0n) is 42.2. The SMILES string of the molecule is c1ccc(N(c2ccc(-c3ccccc3N(c3ccccc3)c3ccccc3)cc2)c2ccc3c(c2)sc2c(N(c4ccccc4)c4ccc5c(c4)-c4ccccc4C5(c4ccccc4)c4ccccc4)cccc23)cc1. The van der Waals surface area contributed by atoms with E-state index in [1.165, 1.54) is 53.6 Å². The highest BCUT2D eigenvalue weighted by Gasteiger charge is 2.46. The summed E-state index contributed by atoms with van der Waals surface area (Å²) < 4.78 is 2.46. The number of para-hydroxylation sites is 5. The van der Waals surface area contributed by atoms with Gasteiger partial charge in [0.05, 0.1) is 21.5 Å². The standard InChI is InChI=1S/C73H51N3S/c1-7-24-53(25-8-1)73(54-26-9-2-10-27-54)67-39-21-19-37-63(67)66-50-60(47-49-68(66)73)76(58-34-17-6-18-35-58)70-41-23-38-65-64-48-46-61(51-71(64)77-72(65)70)74(55-28-11-3-12-29-55)59-44-42-52(43-45-59)62-36-20-22-40-69(62)75(56-30-13-4-14-31-56)57-32-15-5-16-33-57/h1-51H. The Labute approximate surface area is 454 Å². The maximum Gasteiger partial charge on any atom is 0.0713 e. The van der Waals surface area contributed by atoms with Crippen molar-refractivity contribution >= 4 is 82.7 Å². The molecule has 3 nitrogen and oxygen atoms in total. The minimum atomic E-state index is -0.470. The molecule has 1 heterocycles. The number of hydrogen-bond donors (Lipinski definition) is 0. The lowest BCUT2D eigenvalue weighted by Crippen LogP contribution is -2.28. The van der Waals surface area contributed by atoms with Gasteiger partial charge < -0.3 is 14.7 Å². The summed E-state index contributed by atoms with van der Waals surface area (Å²) in [5.74, 6) is 0. The Hall–Kier alpha value is -9.74. The summed E-state index contributed by atoms with van der Waals surface area (Å²) >= 11 is 1.86. The molecule has 77 heavy (non-hydrogen) atoms. The molecular formula is C73H51N3S. The predicted octanol–water partition coefficient (Wildman–Crippen LogP) is 20.5. The Morgan fingerprint density at radius 2 is 0.688 bits per heavy atom. The molecule has 0 unspecified atom stereocenters. The minimum absolute atomic E-state index is 0.470. The first-order valence-electron chi connectivity index (χ1n) is 26.3. The fourth-order valence-electron chi connectivity index (χ4n) is 12.0. The molecule has 0 radical (unpaired) electrons. The molecule has 0 aliphatic heterocycles. The van der Waals surface area contributed by atoms with Crippen LogP contribution in [-0.2, 0) is 5.41 Å². The van der Waals surface area contributed by atoms with E-state index >= 15 is 0 Å². The third-order valence-electron chi connectivity index (χ3n) is 15.3. The molecular weight excluding hydrogens is 951 g/mol. The van der Waals surface area contributed by atoms with Crippen molar-refractivity contribution in [1.29, 1.82) is 0 Å². The topological polar surface area (TPSA) is 9.72 Å². The molecule has 0 fully saturated rings. The lowest BCUT2D eigenvalue weighted by molar-refractivity contribution is 0.768. The second-order valence-corrected chi connectivity index (χ2v) is 20.7. The second kappa shape index (κ2) is 19.5. The smallest absolute Gasteiger partial charge is 0.0713 e. The van der Waals surface area contributed by atoms with Gasteiger partial charge in [-0.1, -0.05) is 212 Å². The molecule has 0 N–H and O–H groups in total. The van der Waals surface area contributed by atoms with E-state index in [4.69, 9.17) is 0 Å². The summed E-state index contributed by atoms with van der Waals surface area (Å²) in [5, 5.41) is 2.48. The first-order chi connectivity index (χ1) is 38.2. The number of rotatable bonds is 12. The number of fused-ring (bicyclic) bond motifs is 6. The average Bonchev–Trinajstić information content (AvgIpc) is 4.27. The molecule has 1 aliphatic rings. The van der Waals surface area contributed by atoms with Crippen molar-refractivity contribution in [2.45, 2.75) is 5.41 Å². The van der Waals surface area contributed by atoms with Crippen LogP contribution in [0.4, 0.5) is 51.2 Å². The largest absolute Gasteiger partial charge is 0.310 e. The van der Waals surface area contributed by atoms with E-state index in [-0.39, 0.29) is 0 Å². The van der Waals surface area contributed by atoms with Gasteiger partial charge in [-0.3, -0.25) is 0 Å². The van der Waals surface area contributed by atoms with Crippen LogP contribution in [-0.4, -0.2) is 0 Å². The molecule has 0 saturated carbocycles. The van der Waals surface area contributed by atoms with E-state index in [1.54, 1.807) is 0 Å². The van der Waals surface area contributed by atoms with E-state index < -0.39 is 5.41 Å². The molecule has 0 amide bonds. The van der Waals surface area contributed by atoms with Gasteiger partial charge in [0.25, 0.3) is 0 Å². The Morgan fingerprint density at radius 3 is 1.29 bits per heavy atom. The quantitative estimate of drug-likeness (QED) is 0.121. The van der Waals surface area contributed by atoms with Gasteiger partial charge in [-0.2, -0.15) is 0 Å². The third kappa shape index (κ3) is 7.89. The summed E-state index contributed by atoms with van der Waals surface area (Å²) in [6.07, 6.45) is 0. The van der Waals surface area contributed by atoms with Gasteiger partial charge in [-0.05, 0) is 136 Å². The fourth-order valence-corrected chi connectivity index (χ4v) is 13.2. The van der Waals surface area contributed by atoms with Gasteiger partial charge in [0.15, 0.2) is 0 Å². The molecule has 1 aromatic heterocycles. The lowest BCUT2D eigenvalue weighted by Gasteiger charge is -2.34. The summed E-state index contributed by atoms with van der Waals surface area (Å²) in [5.41, 5.74) is 19.4. The highest BCUT2D eigenvalue weighted by molar-refractivity contribution is 7.26. The third-order valence-corrected chi connectivity index (χ3v) is 16.5. The Morgan fingerprint density at radius 1 is 0.260 bits per heavy atom. The molecule has 0 atom stereocenters. The van der Waals surface area contributed by atoms with Gasteiger partial charge in [0, 0.05) is 60.8 Å². The van der Waals surface area contributed by atoms with E-state index in [0.717, 1.165) is 62.3 Å². The number of nitrogens with zero attached hydrogens (tertiary/aromatic N) is 3. The highest BCUT2D eigenvalue weighted by Crippen LogP contribution is 2.58. The van der Waals surface area contributed by atoms with Crippen molar-refractivity contribution in [2.75, 3.05) is 14.7 Å². The molecule has 0 bridgehead atoms. The Bertz CT molecular complexity index is 4120. The van der Waals surface area contributed by atoms with Crippen LogP contribution in [0.3, 0.4) is 0 Å². The fraction of sp³-hybridized carbons (Fsp3) is 0.0137. The van der Waals surface area contributed by atoms with Crippen LogP contribution in [0.5, 0.6) is 0 Å². The van der Waals surface area contributed by atoms with Gasteiger partial charge in [0.2, 0.25) is 0 Å². The van der Waals surface area contributed by atoms with Gasteiger partial charge in [-0.25, -0.2) is 0 Å². The molecule has 0 spiro atoms. The zero-order valence-corrected chi connectivity index (χ0v) is 43.0. The van der Waals surface area contributed by atoms with E-state index in [2.05, 4.69) is 324 Å².